The summed E-state index contributed by atoms with van der Waals surface area (Å²) in [6.45, 7) is 0. The van der Waals surface area contributed by atoms with Gasteiger partial charge in [0.25, 0.3) is 0 Å². The summed E-state index contributed by atoms with van der Waals surface area (Å²) in [7, 11) is 3.14. The molecule has 3 N–H and O–H groups in total. The first-order valence-corrected chi connectivity index (χ1v) is 6.24. The minimum Gasteiger partial charge on any atom is -0.480 e. The van der Waals surface area contributed by atoms with Gasteiger partial charge in [-0.2, -0.15) is 0 Å². The summed E-state index contributed by atoms with van der Waals surface area (Å²) in [5, 5.41) is 12.7. The maximum absolute atomic E-state index is 11.6. The SMILES string of the molecule is CN(C)C(=O)N[C@@H](Cc1c[nH]c2ccccc12)C(=O)O. The largest absolute Gasteiger partial charge is 0.480 e. The van der Waals surface area contributed by atoms with Crippen molar-refractivity contribution in [1.29, 1.82) is 0 Å². The Kier molecular flexibility index (Phi) is 3.93. The standard InChI is InChI=1S/C14H17N3O3/c1-17(2)14(20)16-12(13(18)19)7-9-8-15-11-6-4-3-5-10(9)11/h3-6,8,12,15H,7H2,1-2H3,(H,16,20)(H,18,19)/t12-/m0/s1. The maximum Gasteiger partial charge on any atom is 0.326 e. The summed E-state index contributed by atoms with van der Waals surface area (Å²) < 4.78 is 0. The van der Waals surface area contributed by atoms with Crippen molar-refractivity contribution in [3.63, 3.8) is 0 Å². The molecular weight excluding hydrogens is 258 g/mol. The lowest BCUT2D eigenvalue weighted by atomic mass is 10.1. The number of nitrogens with zero attached hydrogens (tertiary/aromatic N) is 1. The van der Waals surface area contributed by atoms with E-state index in [4.69, 9.17) is 0 Å². The van der Waals surface area contributed by atoms with E-state index >= 15 is 0 Å². The van der Waals surface area contributed by atoms with E-state index in [0.29, 0.717) is 0 Å². The molecule has 20 heavy (non-hydrogen) atoms. The van der Waals surface area contributed by atoms with Gasteiger partial charge in [0.1, 0.15) is 6.04 Å². The van der Waals surface area contributed by atoms with Crippen LogP contribution in [0.4, 0.5) is 4.79 Å². The molecular formula is C14H17N3O3. The number of rotatable bonds is 4. The van der Waals surface area contributed by atoms with E-state index in [-0.39, 0.29) is 6.42 Å². The van der Waals surface area contributed by atoms with Crippen LogP contribution in [0.5, 0.6) is 0 Å². The number of urea groups is 1. The lowest BCUT2D eigenvalue weighted by molar-refractivity contribution is -0.139. The van der Waals surface area contributed by atoms with Gasteiger partial charge < -0.3 is 20.3 Å². The van der Waals surface area contributed by atoms with Crippen molar-refractivity contribution in [2.24, 2.45) is 0 Å². The molecule has 0 bridgehead atoms. The molecule has 0 radical (unpaired) electrons. The van der Waals surface area contributed by atoms with Crippen LogP contribution in [-0.4, -0.2) is 47.1 Å². The van der Waals surface area contributed by atoms with Crippen molar-refractivity contribution < 1.29 is 14.7 Å². The molecule has 6 nitrogen and oxygen atoms in total. The molecule has 106 valence electrons. The van der Waals surface area contributed by atoms with Gasteiger partial charge in [-0.25, -0.2) is 9.59 Å². The van der Waals surface area contributed by atoms with Crippen molar-refractivity contribution in [3.8, 4) is 0 Å². The number of aliphatic carboxylic acids is 1. The fraction of sp³-hybridized carbons (Fsp3) is 0.286. The van der Waals surface area contributed by atoms with Crippen molar-refractivity contribution >= 4 is 22.9 Å². The first kappa shape index (κ1) is 13.9. The number of carboxylic acid groups (broad SMARTS) is 1. The number of H-pyrrole nitrogens is 1. The lowest BCUT2D eigenvalue weighted by Gasteiger charge is -2.17. The first-order valence-electron chi connectivity index (χ1n) is 6.24. The molecule has 2 rings (SSSR count). The minimum atomic E-state index is -1.05. The Labute approximate surface area is 116 Å². The zero-order valence-corrected chi connectivity index (χ0v) is 11.4. The molecule has 0 aliphatic heterocycles. The van der Waals surface area contributed by atoms with E-state index in [1.165, 1.54) is 4.90 Å². The number of hydrogen-bond donors (Lipinski definition) is 3. The van der Waals surface area contributed by atoms with Gasteiger partial charge in [0, 0.05) is 37.6 Å². The molecule has 1 aromatic carbocycles. The number of benzene rings is 1. The fourth-order valence-corrected chi connectivity index (χ4v) is 2.00. The number of amides is 2. The molecule has 1 heterocycles. The molecule has 2 aromatic rings. The molecule has 0 aliphatic rings. The van der Waals surface area contributed by atoms with Gasteiger partial charge in [-0.15, -0.1) is 0 Å². The quantitative estimate of drug-likeness (QED) is 0.789. The van der Waals surface area contributed by atoms with Crippen LogP contribution in [0.2, 0.25) is 0 Å². The van der Waals surface area contributed by atoms with Gasteiger partial charge in [0.05, 0.1) is 0 Å². The Balaban J connectivity index is 2.20. The summed E-state index contributed by atoms with van der Waals surface area (Å²) in [5.74, 6) is -1.05. The van der Waals surface area contributed by atoms with Crippen molar-refractivity contribution in [3.05, 3.63) is 36.0 Å². The second-order valence-electron chi connectivity index (χ2n) is 4.80. The van der Waals surface area contributed by atoms with E-state index < -0.39 is 18.0 Å². The molecule has 2 amide bonds. The predicted molar refractivity (Wildman–Crippen MR) is 75.6 cm³/mol. The fourth-order valence-electron chi connectivity index (χ4n) is 2.00. The molecule has 0 saturated heterocycles. The smallest absolute Gasteiger partial charge is 0.326 e. The zero-order chi connectivity index (χ0) is 14.7. The molecule has 0 saturated carbocycles. The molecule has 0 fully saturated rings. The Bertz CT molecular complexity index is 633. The van der Waals surface area contributed by atoms with Gasteiger partial charge in [0.2, 0.25) is 0 Å². The highest BCUT2D eigenvalue weighted by molar-refractivity contribution is 5.86. The normalized spacial score (nSPS) is 12.1. The second kappa shape index (κ2) is 5.64. The number of fused-ring (bicyclic) bond motifs is 1. The monoisotopic (exact) mass is 275 g/mol. The van der Waals surface area contributed by atoms with E-state index in [1.807, 2.05) is 24.3 Å². The summed E-state index contributed by atoms with van der Waals surface area (Å²) >= 11 is 0. The minimum absolute atomic E-state index is 0.235. The molecule has 0 aliphatic carbocycles. The highest BCUT2D eigenvalue weighted by Gasteiger charge is 2.22. The zero-order valence-electron chi connectivity index (χ0n) is 11.4. The molecule has 1 aromatic heterocycles. The Morgan fingerprint density at radius 2 is 2.05 bits per heavy atom. The van der Waals surface area contributed by atoms with Crippen LogP contribution in [-0.2, 0) is 11.2 Å². The average Bonchev–Trinajstić information content (AvgIpc) is 2.81. The van der Waals surface area contributed by atoms with Crippen LogP contribution in [0, 0.1) is 0 Å². The third-order valence-corrected chi connectivity index (χ3v) is 3.10. The van der Waals surface area contributed by atoms with Gasteiger partial charge in [-0.1, -0.05) is 18.2 Å². The summed E-state index contributed by atoms with van der Waals surface area (Å²) in [5.41, 5.74) is 1.82. The second-order valence-corrected chi connectivity index (χ2v) is 4.80. The number of nitrogens with one attached hydrogen (secondary N) is 2. The van der Waals surface area contributed by atoms with Crippen LogP contribution < -0.4 is 5.32 Å². The maximum atomic E-state index is 11.6. The number of aromatic amines is 1. The van der Waals surface area contributed by atoms with E-state index in [2.05, 4.69) is 10.3 Å². The van der Waals surface area contributed by atoms with Crippen LogP contribution >= 0.6 is 0 Å². The predicted octanol–water partition coefficient (Wildman–Crippen LogP) is 1.43. The number of carbonyl (C=O) groups is 2. The first-order chi connectivity index (χ1) is 9.49. The number of aromatic nitrogens is 1. The molecule has 1 atom stereocenters. The molecule has 6 heteroatoms. The van der Waals surface area contributed by atoms with Crippen LogP contribution in [0.3, 0.4) is 0 Å². The third kappa shape index (κ3) is 2.90. The number of carbonyl (C=O) groups excluding carboxylic acids is 1. The van der Waals surface area contributed by atoms with E-state index in [9.17, 15) is 14.7 Å². The number of hydrogen-bond acceptors (Lipinski definition) is 2. The van der Waals surface area contributed by atoms with Gasteiger partial charge in [-0.3, -0.25) is 0 Å². The van der Waals surface area contributed by atoms with Crippen molar-refractivity contribution in [2.75, 3.05) is 14.1 Å². The van der Waals surface area contributed by atoms with Crippen molar-refractivity contribution in [1.82, 2.24) is 15.2 Å². The average molecular weight is 275 g/mol. The van der Waals surface area contributed by atoms with Gasteiger partial charge >= 0.3 is 12.0 Å². The number of carboxylic acids is 1. The summed E-state index contributed by atoms with van der Waals surface area (Å²) in [4.78, 5) is 27.3. The molecule has 0 spiro atoms. The van der Waals surface area contributed by atoms with Gasteiger partial charge in [0.15, 0.2) is 0 Å². The Morgan fingerprint density at radius 3 is 2.70 bits per heavy atom. The van der Waals surface area contributed by atoms with Crippen LogP contribution in [0.25, 0.3) is 10.9 Å². The highest BCUT2D eigenvalue weighted by atomic mass is 16.4. The van der Waals surface area contributed by atoms with Crippen molar-refractivity contribution in [2.45, 2.75) is 12.5 Å². The topological polar surface area (TPSA) is 85.4 Å². The Morgan fingerprint density at radius 1 is 1.35 bits per heavy atom. The van der Waals surface area contributed by atoms with E-state index in [1.54, 1.807) is 20.3 Å². The van der Waals surface area contributed by atoms with E-state index in [0.717, 1.165) is 16.5 Å². The third-order valence-electron chi connectivity index (χ3n) is 3.10. The summed E-state index contributed by atoms with van der Waals surface area (Å²) in [6.07, 6.45) is 2.02. The van der Waals surface area contributed by atoms with Crippen LogP contribution in [0.1, 0.15) is 5.56 Å². The summed E-state index contributed by atoms with van der Waals surface area (Å²) in [6, 6.07) is 6.28. The number of para-hydroxylation sites is 1. The molecule has 0 unspecified atom stereocenters. The lowest BCUT2D eigenvalue weighted by Crippen LogP contribution is -2.46. The Hall–Kier alpha value is -2.50. The highest BCUT2D eigenvalue weighted by Crippen LogP contribution is 2.19. The van der Waals surface area contributed by atoms with Gasteiger partial charge in [-0.05, 0) is 11.6 Å². The van der Waals surface area contributed by atoms with Crippen LogP contribution in [0.15, 0.2) is 30.5 Å².